The van der Waals surface area contributed by atoms with Crippen LogP contribution in [0.25, 0.3) is 32.9 Å². The molecule has 0 atom stereocenters. The number of rotatable bonds is 5. The van der Waals surface area contributed by atoms with Crippen LogP contribution >= 0.6 is 0 Å². The quantitative estimate of drug-likeness (QED) is 0.542. The Bertz CT molecular complexity index is 1190. The van der Waals surface area contributed by atoms with E-state index in [-0.39, 0.29) is 5.91 Å². The van der Waals surface area contributed by atoms with Gasteiger partial charge in [0.25, 0.3) is 5.91 Å². The molecule has 1 aliphatic rings. The summed E-state index contributed by atoms with van der Waals surface area (Å²) < 4.78 is 5.46. The lowest BCUT2D eigenvalue weighted by Crippen LogP contribution is -2.25. The minimum atomic E-state index is -0.101. The molecule has 0 bridgehead atoms. The van der Waals surface area contributed by atoms with Crippen molar-refractivity contribution in [2.45, 2.75) is 12.8 Å². The molecule has 4 aromatic rings. The Kier molecular flexibility index (Phi) is 4.01. The van der Waals surface area contributed by atoms with Gasteiger partial charge in [-0.05, 0) is 41.7 Å². The first-order valence-electron chi connectivity index (χ1n) is 9.56. The number of nitrogens with one attached hydrogen (secondary N) is 2. The lowest BCUT2D eigenvalue weighted by atomic mass is 10.0. The average Bonchev–Trinajstić information content (AvgIpc) is 3.48. The van der Waals surface area contributed by atoms with E-state index >= 15 is 0 Å². The number of H-pyrrole nitrogens is 1. The molecule has 0 radical (unpaired) electrons. The topological polar surface area (TPSA) is 67.0 Å². The minimum Gasteiger partial charge on any atom is -0.496 e. The molecule has 5 nitrogen and oxygen atoms in total. The third-order valence-electron chi connectivity index (χ3n) is 5.40. The summed E-state index contributed by atoms with van der Waals surface area (Å²) in [5, 5.41) is 13.9. The molecule has 1 aromatic heterocycles. The summed E-state index contributed by atoms with van der Waals surface area (Å²) in [5.41, 5.74) is 3.23. The van der Waals surface area contributed by atoms with E-state index < -0.39 is 0 Å². The van der Waals surface area contributed by atoms with E-state index in [2.05, 4.69) is 45.8 Å². The van der Waals surface area contributed by atoms with Crippen molar-refractivity contribution in [1.29, 1.82) is 0 Å². The van der Waals surface area contributed by atoms with Crippen LogP contribution in [-0.4, -0.2) is 29.8 Å². The highest BCUT2D eigenvalue weighted by molar-refractivity contribution is 6.04. The standard InChI is InChI=1S/C23H21N3O2/c1-28-21-12-20-18(11-19(21)23(27)24-13-14-6-7-14)22(26-25-20)17-9-8-15-4-2-3-5-16(15)10-17/h2-5,8-12,14H,6-7,13H2,1H3,(H,24,27)(H,25,26). The molecule has 0 spiro atoms. The van der Waals surface area contributed by atoms with Gasteiger partial charge in [-0.1, -0.05) is 36.4 Å². The van der Waals surface area contributed by atoms with Gasteiger partial charge >= 0.3 is 0 Å². The summed E-state index contributed by atoms with van der Waals surface area (Å²) in [7, 11) is 1.58. The monoisotopic (exact) mass is 371 g/mol. The fraction of sp³-hybridized carbons (Fsp3) is 0.217. The lowest BCUT2D eigenvalue weighted by Gasteiger charge is -2.10. The maximum Gasteiger partial charge on any atom is 0.255 e. The summed E-state index contributed by atoms with van der Waals surface area (Å²) in [6, 6.07) is 18.3. The van der Waals surface area contributed by atoms with Crippen molar-refractivity contribution in [2.24, 2.45) is 5.92 Å². The second kappa shape index (κ2) is 6.68. The average molecular weight is 371 g/mol. The zero-order valence-corrected chi connectivity index (χ0v) is 15.7. The Morgan fingerprint density at radius 3 is 2.75 bits per heavy atom. The Morgan fingerprint density at radius 2 is 1.96 bits per heavy atom. The van der Waals surface area contributed by atoms with Crippen LogP contribution in [-0.2, 0) is 0 Å². The number of aromatic nitrogens is 2. The van der Waals surface area contributed by atoms with Crippen LogP contribution in [0, 0.1) is 5.92 Å². The summed E-state index contributed by atoms with van der Waals surface area (Å²) in [4.78, 5) is 12.7. The number of ether oxygens (including phenoxy) is 1. The predicted molar refractivity (Wildman–Crippen MR) is 111 cm³/mol. The molecule has 1 saturated carbocycles. The predicted octanol–water partition coefficient (Wildman–Crippen LogP) is 4.53. The lowest BCUT2D eigenvalue weighted by molar-refractivity contribution is 0.0949. The first-order chi connectivity index (χ1) is 13.7. The molecule has 0 saturated heterocycles. The number of benzene rings is 3. The van der Waals surface area contributed by atoms with Crippen LogP contribution < -0.4 is 10.1 Å². The maximum atomic E-state index is 12.7. The fourth-order valence-corrected chi connectivity index (χ4v) is 3.60. The minimum absolute atomic E-state index is 0.101. The molecule has 3 aromatic carbocycles. The van der Waals surface area contributed by atoms with Gasteiger partial charge in [0, 0.05) is 23.6 Å². The zero-order chi connectivity index (χ0) is 19.1. The summed E-state index contributed by atoms with van der Waals surface area (Å²) >= 11 is 0. The summed E-state index contributed by atoms with van der Waals surface area (Å²) in [6.45, 7) is 0.725. The smallest absolute Gasteiger partial charge is 0.255 e. The van der Waals surface area contributed by atoms with E-state index in [1.165, 1.54) is 18.2 Å². The second-order valence-corrected chi connectivity index (χ2v) is 7.39. The molecule has 1 fully saturated rings. The fourth-order valence-electron chi connectivity index (χ4n) is 3.60. The molecular weight excluding hydrogens is 350 g/mol. The van der Waals surface area contributed by atoms with Crippen LogP contribution in [0.4, 0.5) is 0 Å². The molecule has 5 heteroatoms. The highest BCUT2D eigenvalue weighted by Gasteiger charge is 2.23. The molecule has 0 unspecified atom stereocenters. The van der Waals surface area contributed by atoms with Crippen molar-refractivity contribution < 1.29 is 9.53 Å². The van der Waals surface area contributed by atoms with Crippen LogP contribution in [0.5, 0.6) is 5.75 Å². The summed E-state index contributed by atoms with van der Waals surface area (Å²) in [6.07, 6.45) is 2.40. The molecule has 1 heterocycles. The number of carbonyl (C=O) groups excluding carboxylic acids is 1. The number of amides is 1. The van der Waals surface area contributed by atoms with Crippen molar-refractivity contribution in [1.82, 2.24) is 15.5 Å². The van der Waals surface area contributed by atoms with Crippen LogP contribution in [0.3, 0.4) is 0 Å². The summed E-state index contributed by atoms with van der Waals surface area (Å²) in [5.74, 6) is 1.08. The van der Waals surface area contributed by atoms with E-state index in [0.29, 0.717) is 17.2 Å². The van der Waals surface area contributed by atoms with Crippen LogP contribution in [0.15, 0.2) is 54.6 Å². The Hall–Kier alpha value is -3.34. The van der Waals surface area contributed by atoms with E-state index in [1.807, 2.05) is 24.3 Å². The first-order valence-corrected chi connectivity index (χ1v) is 9.56. The number of nitrogens with zero attached hydrogens (tertiary/aromatic N) is 1. The zero-order valence-electron chi connectivity index (χ0n) is 15.7. The third-order valence-corrected chi connectivity index (χ3v) is 5.40. The Balaban J connectivity index is 1.59. The molecule has 1 amide bonds. The highest BCUT2D eigenvalue weighted by atomic mass is 16.5. The SMILES string of the molecule is COc1cc2[nH]nc(-c3ccc4ccccc4c3)c2cc1C(=O)NCC1CC1. The number of methoxy groups -OCH3 is 1. The number of fused-ring (bicyclic) bond motifs is 2. The van der Waals surface area contributed by atoms with Gasteiger partial charge in [-0.15, -0.1) is 0 Å². The van der Waals surface area contributed by atoms with E-state index in [1.54, 1.807) is 7.11 Å². The normalized spacial score (nSPS) is 13.8. The number of aromatic amines is 1. The van der Waals surface area contributed by atoms with Gasteiger partial charge in [0.15, 0.2) is 0 Å². The number of carbonyl (C=O) groups is 1. The van der Waals surface area contributed by atoms with E-state index in [0.717, 1.165) is 34.1 Å². The maximum absolute atomic E-state index is 12.7. The van der Waals surface area contributed by atoms with E-state index in [9.17, 15) is 4.79 Å². The number of hydrogen-bond acceptors (Lipinski definition) is 3. The van der Waals surface area contributed by atoms with Gasteiger partial charge < -0.3 is 10.1 Å². The van der Waals surface area contributed by atoms with Crippen molar-refractivity contribution >= 4 is 27.6 Å². The second-order valence-electron chi connectivity index (χ2n) is 7.39. The van der Waals surface area contributed by atoms with Gasteiger partial charge in [-0.3, -0.25) is 9.89 Å². The molecule has 5 rings (SSSR count). The van der Waals surface area contributed by atoms with Crippen molar-refractivity contribution in [3.63, 3.8) is 0 Å². The van der Waals surface area contributed by atoms with Crippen molar-refractivity contribution in [3.05, 3.63) is 60.2 Å². The van der Waals surface area contributed by atoms with Gasteiger partial charge in [-0.25, -0.2) is 0 Å². The Labute approximate surface area is 162 Å². The largest absolute Gasteiger partial charge is 0.496 e. The van der Waals surface area contributed by atoms with E-state index in [4.69, 9.17) is 4.74 Å². The molecule has 1 aliphatic carbocycles. The third kappa shape index (κ3) is 2.99. The van der Waals surface area contributed by atoms with Crippen molar-refractivity contribution in [2.75, 3.05) is 13.7 Å². The molecular formula is C23H21N3O2. The van der Waals surface area contributed by atoms with Crippen molar-refractivity contribution in [3.8, 4) is 17.0 Å². The van der Waals surface area contributed by atoms with Crippen LogP contribution in [0.2, 0.25) is 0 Å². The Morgan fingerprint density at radius 1 is 1.14 bits per heavy atom. The molecule has 28 heavy (non-hydrogen) atoms. The molecule has 140 valence electrons. The molecule has 2 N–H and O–H groups in total. The molecule has 0 aliphatic heterocycles. The van der Waals surface area contributed by atoms with Gasteiger partial charge in [0.05, 0.1) is 23.9 Å². The van der Waals surface area contributed by atoms with Crippen LogP contribution in [0.1, 0.15) is 23.2 Å². The van der Waals surface area contributed by atoms with Gasteiger partial charge in [-0.2, -0.15) is 5.10 Å². The van der Waals surface area contributed by atoms with Gasteiger partial charge in [0.1, 0.15) is 5.75 Å². The van der Waals surface area contributed by atoms with Gasteiger partial charge in [0.2, 0.25) is 0 Å². The first kappa shape index (κ1) is 16.8. The number of hydrogen-bond donors (Lipinski definition) is 2. The highest BCUT2D eigenvalue weighted by Crippen LogP contribution is 2.33.